The van der Waals surface area contributed by atoms with Crippen molar-refractivity contribution in [2.24, 2.45) is 4.40 Å². The van der Waals surface area contributed by atoms with Gasteiger partial charge in [-0.3, -0.25) is 10.1 Å². The molecule has 0 radical (unpaired) electrons. The number of benzene rings is 4. The summed E-state index contributed by atoms with van der Waals surface area (Å²) in [5.41, 5.74) is 1.80. The van der Waals surface area contributed by atoms with Crippen LogP contribution in [0.25, 0.3) is 0 Å². The zero-order valence-electron chi connectivity index (χ0n) is 18.7. The molecule has 0 spiro atoms. The van der Waals surface area contributed by atoms with Crippen LogP contribution < -0.4 is 5.32 Å². The van der Waals surface area contributed by atoms with Crippen molar-refractivity contribution in [3.8, 4) is 0 Å². The molecule has 0 amide bonds. The molecule has 0 aliphatic heterocycles. The van der Waals surface area contributed by atoms with Crippen LogP contribution in [0.2, 0.25) is 0 Å². The number of hydrogen-bond acceptors (Lipinski definition) is 4. The molecular weight excluding hydrogens is 462 g/mol. The Morgan fingerprint density at radius 2 is 1.34 bits per heavy atom. The van der Waals surface area contributed by atoms with E-state index >= 15 is 0 Å². The highest BCUT2D eigenvalue weighted by atomic mass is 32.2. The van der Waals surface area contributed by atoms with Crippen LogP contribution in [-0.4, -0.2) is 19.2 Å². The minimum absolute atomic E-state index is 0.0355. The molecule has 0 heterocycles. The molecule has 4 aromatic rings. The van der Waals surface area contributed by atoms with Gasteiger partial charge in [-0.15, -0.1) is 4.40 Å². The summed E-state index contributed by atoms with van der Waals surface area (Å²) in [6.07, 6.45) is 0. The summed E-state index contributed by atoms with van der Waals surface area (Å²) < 4.78 is 30.8. The smallest absolute Gasteiger partial charge is 0.283 e. The van der Waals surface area contributed by atoms with Crippen LogP contribution in [-0.2, 0) is 16.6 Å². The summed E-state index contributed by atoms with van der Waals surface area (Å²) in [7, 11) is -4.10. The maximum Gasteiger partial charge on any atom is 0.283 e. The van der Waals surface area contributed by atoms with Crippen LogP contribution >= 0.6 is 0 Å². The first-order valence-corrected chi connectivity index (χ1v) is 12.4. The third kappa shape index (κ3) is 5.80. The first kappa shape index (κ1) is 23.8. The van der Waals surface area contributed by atoms with Crippen molar-refractivity contribution in [3.63, 3.8) is 0 Å². The van der Waals surface area contributed by atoms with Gasteiger partial charge in [0, 0.05) is 18.2 Å². The quantitative estimate of drug-likeness (QED) is 0.158. The first-order chi connectivity index (χ1) is 17.0. The van der Waals surface area contributed by atoms with Gasteiger partial charge in [-0.05, 0) is 23.3 Å². The minimum atomic E-state index is -4.10. The van der Waals surface area contributed by atoms with E-state index in [1.165, 1.54) is 18.2 Å². The largest absolute Gasteiger partial charge is 0.368 e. The number of nitro groups is 1. The molecule has 0 saturated carbocycles. The molecule has 7 nitrogen and oxygen atoms in total. The van der Waals surface area contributed by atoms with Gasteiger partial charge in [0.05, 0.1) is 15.7 Å². The number of nitrogens with one attached hydrogen (secondary N) is 1. The van der Waals surface area contributed by atoms with E-state index < -0.39 is 20.9 Å². The lowest BCUT2D eigenvalue weighted by atomic mass is 9.89. The first-order valence-electron chi connectivity index (χ1n) is 10.9. The SMILES string of the molecule is O=[N+]([O-])c1ccccc1C(C(=NS(=O)(=O)c1ccccc1)NCc1ccccc1)c1ccccc1. The van der Waals surface area contributed by atoms with E-state index in [2.05, 4.69) is 9.71 Å². The molecular formula is C27H23N3O4S. The molecule has 0 saturated heterocycles. The predicted molar refractivity (Wildman–Crippen MR) is 136 cm³/mol. The standard InChI is InChI=1S/C27H23N3O4S/c31-30(32)25-19-11-10-18-24(25)26(22-14-6-2-7-15-22)27(28-20-21-12-4-1-5-13-21)29-35(33,34)23-16-8-3-9-17-23/h1-19,26H,20H2,(H,28,29). The molecule has 0 fully saturated rings. The van der Waals surface area contributed by atoms with Gasteiger partial charge in [-0.1, -0.05) is 97.1 Å². The molecule has 0 aliphatic carbocycles. The van der Waals surface area contributed by atoms with Gasteiger partial charge in [0.2, 0.25) is 0 Å². The fraction of sp³-hybridized carbons (Fsp3) is 0.0741. The number of rotatable bonds is 8. The molecule has 1 atom stereocenters. The maximum absolute atomic E-state index is 13.3. The number of amidine groups is 1. The highest BCUT2D eigenvalue weighted by molar-refractivity contribution is 7.90. The average molecular weight is 486 g/mol. The van der Waals surface area contributed by atoms with Gasteiger partial charge in [0.15, 0.2) is 0 Å². The fourth-order valence-electron chi connectivity index (χ4n) is 3.78. The molecule has 1 unspecified atom stereocenters. The summed E-state index contributed by atoms with van der Waals surface area (Å²) in [5, 5.41) is 15.1. The van der Waals surface area contributed by atoms with Crippen LogP contribution in [0.1, 0.15) is 22.6 Å². The number of nitro benzene ring substituents is 1. The molecule has 1 N–H and O–H groups in total. The van der Waals surface area contributed by atoms with Gasteiger partial charge < -0.3 is 5.32 Å². The second-order valence-electron chi connectivity index (χ2n) is 7.76. The lowest BCUT2D eigenvalue weighted by molar-refractivity contribution is -0.385. The van der Waals surface area contributed by atoms with Crippen molar-refractivity contribution < 1.29 is 13.3 Å². The summed E-state index contributed by atoms with van der Waals surface area (Å²) in [5.74, 6) is -0.724. The third-order valence-corrected chi connectivity index (χ3v) is 6.73. The molecule has 0 aliphatic rings. The Labute approximate surface area is 204 Å². The molecule has 0 bridgehead atoms. The van der Waals surface area contributed by atoms with Crippen LogP contribution in [0, 0.1) is 10.1 Å². The van der Waals surface area contributed by atoms with Crippen molar-refractivity contribution in [1.29, 1.82) is 0 Å². The average Bonchev–Trinajstić information content (AvgIpc) is 2.89. The van der Waals surface area contributed by atoms with Gasteiger partial charge in [0.1, 0.15) is 5.84 Å². The third-order valence-electron chi connectivity index (χ3n) is 5.43. The predicted octanol–water partition coefficient (Wildman–Crippen LogP) is 5.30. The van der Waals surface area contributed by atoms with Crippen molar-refractivity contribution in [3.05, 3.63) is 142 Å². The summed E-state index contributed by atoms with van der Waals surface area (Å²) in [6, 6.07) is 32.7. The van der Waals surface area contributed by atoms with Crippen LogP contribution in [0.5, 0.6) is 0 Å². The van der Waals surface area contributed by atoms with Gasteiger partial charge in [-0.2, -0.15) is 8.42 Å². The Morgan fingerprint density at radius 1 is 0.800 bits per heavy atom. The lowest BCUT2D eigenvalue weighted by Gasteiger charge is -2.22. The van der Waals surface area contributed by atoms with Gasteiger partial charge in [-0.25, -0.2) is 0 Å². The molecule has 8 heteroatoms. The van der Waals surface area contributed by atoms with Crippen LogP contribution in [0.3, 0.4) is 0 Å². The van der Waals surface area contributed by atoms with Crippen molar-refractivity contribution >= 4 is 21.5 Å². The van der Waals surface area contributed by atoms with E-state index in [0.29, 0.717) is 11.1 Å². The second-order valence-corrected chi connectivity index (χ2v) is 9.37. The fourth-order valence-corrected chi connectivity index (χ4v) is 4.81. The maximum atomic E-state index is 13.3. The monoisotopic (exact) mass is 485 g/mol. The van der Waals surface area contributed by atoms with Gasteiger partial charge in [0.25, 0.3) is 15.7 Å². The summed E-state index contributed by atoms with van der Waals surface area (Å²) in [6.45, 7) is 0.286. The van der Waals surface area contributed by atoms with E-state index in [-0.39, 0.29) is 23.0 Å². The Morgan fingerprint density at radius 3 is 1.97 bits per heavy atom. The molecule has 176 valence electrons. The highest BCUT2D eigenvalue weighted by Crippen LogP contribution is 2.33. The molecule has 4 aromatic carbocycles. The van der Waals surface area contributed by atoms with E-state index in [0.717, 1.165) is 5.56 Å². The van der Waals surface area contributed by atoms with E-state index in [9.17, 15) is 18.5 Å². The minimum Gasteiger partial charge on any atom is -0.368 e. The van der Waals surface area contributed by atoms with Crippen molar-refractivity contribution in [1.82, 2.24) is 5.32 Å². The second kappa shape index (κ2) is 10.8. The van der Waals surface area contributed by atoms with E-state index in [1.54, 1.807) is 60.7 Å². The number of para-hydroxylation sites is 1. The van der Waals surface area contributed by atoms with Gasteiger partial charge >= 0.3 is 0 Å². The topological polar surface area (TPSA) is 102 Å². The summed E-state index contributed by atoms with van der Waals surface area (Å²) >= 11 is 0. The van der Waals surface area contributed by atoms with E-state index in [4.69, 9.17) is 0 Å². The zero-order chi connectivity index (χ0) is 24.7. The zero-order valence-corrected chi connectivity index (χ0v) is 19.5. The highest BCUT2D eigenvalue weighted by Gasteiger charge is 2.29. The molecule has 4 rings (SSSR count). The number of hydrogen-bond donors (Lipinski definition) is 1. The van der Waals surface area contributed by atoms with Crippen molar-refractivity contribution in [2.75, 3.05) is 0 Å². The Hall–Kier alpha value is -4.30. The Bertz CT molecular complexity index is 1430. The lowest BCUT2D eigenvalue weighted by Crippen LogP contribution is -2.31. The van der Waals surface area contributed by atoms with Crippen LogP contribution in [0.4, 0.5) is 5.69 Å². The van der Waals surface area contributed by atoms with Crippen LogP contribution in [0.15, 0.2) is 125 Å². The normalized spacial score (nSPS) is 12.6. The number of nitrogens with zero attached hydrogens (tertiary/aromatic N) is 2. The molecule has 35 heavy (non-hydrogen) atoms. The molecule has 0 aromatic heterocycles. The Balaban J connectivity index is 1.90. The Kier molecular flexibility index (Phi) is 7.32. The number of sulfonamides is 1. The summed E-state index contributed by atoms with van der Waals surface area (Å²) in [4.78, 5) is 11.5. The van der Waals surface area contributed by atoms with E-state index in [1.807, 2.05) is 36.4 Å². The van der Waals surface area contributed by atoms with Crippen molar-refractivity contribution in [2.45, 2.75) is 17.4 Å².